The molecule has 3 rings (SSSR count). The quantitative estimate of drug-likeness (QED) is 0.874. The van der Waals surface area contributed by atoms with Crippen LogP contribution in [0.15, 0.2) is 34.3 Å². The number of alkyl halides is 2. The number of nitrogens with one attached hydrogen (secondary N) is 1. The van der Waals surface area contributed by atoms with E-state index in [4.69, 9.17) is 5.73 Å². The van der Waals surface area contributed by atoms with Crippen molar-refractivity contribution in [2.75, 3.05) is 11.1 Å². The zero-order chi connectivity index (χ0) is 17.2. The zero-order valence-electron chi connectivity index (χ0n) is 12.9. The molecule has 0 unspecified atom stereocenters. The van der Waals surface area contributed by atoms with Crippen molar-refractivity contribution in [3.63, 3.8) is 0 Å². The number of anilines is 2. The van der Waals surface area contributed by atoms with Crippen LogP contribution in [0.5, 0.6) is 0 Å². The number of hydrogen-bond acceptors (Lipinski definition) is 5. The van der Waals surface area contributed by atoms with E-state index in [9.17, 15) is 13.6 Å². The number of carbonyl (C=O) groups excluding carboxylic acids is 1. The van der Waals surface area contributed by atoms with Gasteiger partial charge in [0, 0.05) is 11.1 Å². The molecule has 3 N–H and O–H groups in total. The van der Waals surface area contributed by atoms with E-state index in [1.807, 2.05) is 13.8 Å². The van der Waals surface area contributed by atoms with Crippen LogP contribution in [0.25, 0.3) is 0 Å². The lowest BCUT2D eigenvalue weighted by Gasteiger charge is -2.12. The highest BCUT2D eigenvalue weighted by Crippen LogP contribution is 2.47. The fraction of sp³-hybridized carbons (Fsp3) is 0.267. The third-order valence-corrected chi connectivity index (χ3v) is 4.03. The first kappa shape index (κ1) is 17.1. The van der Waals surface area contributed by atoms with Gasteiger partial charge in [-0.1, -0.05) is 31.7 Å². The smallest absolute Gasteiger partial charge is 0.353 e. The molecule has 0 aliphatic carbocycles. The van der Waals surface area contributed by atoms with Gasteiger partial charge in [0.15, 0.2) is 5.82 Å². The summed E-state index contributed by atoms with van der Waals surface area (Å²) in [5.74, 6) is -4.72. The molecule has 5 nitrogen and oxygen atoms in total. The van der Waals surface area contributed by atoms with Gasteiger partial charge < -0.3 is 11.1 Å². The molecule has 1 aliphatic heterocycles. The predicted molar refractivity (Wildman–Crippen MR) is 85.6 cm³/mol. The van der Waals surface area contributed by atoms with Gasteiger partial charge in [-0.3, -0.25) is 4.79 Å². The van der Waals surface area contributed by atoms with Crippen molar-refractivity contribution in [3.8, 4) is 0 Å². The summed E-state index contributed by atoms with van der Waals surface area (Å²) < 4.78 is 27.9. The minimum Gasteiger partial charge on any atom is -0.381 e. The largest absolute Gasteiger partial charge is 0.381 e. The highest BCUT2D eigenvalue weighted by molar-refractivity contribution is 7.99. The molecule has 0 saturated heterocycles. The molecular weight excluding hydrogens is 322 g/mol. The maximum absolute atomic E-state index is 14.0. The van der Waals surface area contributed by atoms with Gasteiger partial charge in [0.2, 0.25) is 0 Å². The molecule has 0 atom stereocenters. The van der Waals surface area contributed by atoms with E-state index in [1.54, 1.807) is 13.0 Å². The van der Waals surface area contributed by atoms with E-state index in [1.165, 1.54) is 18.3 Å². The Bertz CT molecular complexity index is 752. The Kier molecular flexibility index (Phi) is 4.84. The molecule has 2 aromatic rings. The van der Waals surface area contributed by atoms with E-state index in [-0.39, 0.29) is 22.0 Å². The lowest BCUT2D eigenvalue weighted by molar-refractivity contribution is -0.139. The molecule has 0 radical (unpaired) electrons. The number of aryl methyl sites for hydroxylation is 1. The third kappa shape index (κ3) is 3.12. The monoisotopic (exact) mass is 338 g/mol. The first-order chi connectivity index (χ1) is 10.9. The van der Waals surface area contributed by atoms with Crippen LogP contribution in [0.1, 0.15) is 25.1 Å². The van der Waals surface area contributed by atoms with Crippen LogP contribution < -0.4 is 11.1 Å². The van der Waals surface area contributed by atoms with Crippen LogP contribution in [0, 0.1) is 6.92 Å². The average Bonchev–Trinajstić information content (AvgIpc) is 2.75. The number of halogens is 2. The second-order valence-corrected chi connectivity index (χ2v) is 5.54. The lowest BCUT2D eigenvalue weighted by atomic mass is 10.1. The van der Waals surface area contributed by atoms with Crippen molar-refractivity contribution < 1.29 is 13.6 Å². The molecule has 0 saturated carbocycles. The molecule has 1 aromatic heterocycles. The topological polar surface area (TPSA) is 80.9 Å². The highest BCUT2D eigenvalue weighted by Gasteiger charge is 2.50. The summed E-state index contributed by atoms with van der Waals surface area (Å²) in [7, 11) is 0. The summed E-state index contributed by atoms with van der Waals surface area (Å²) in [4.78, 5) is 19.7. The number of fused-ring (bicyclic) bond motifs is 1. The minimum atomic E-state index is -3.56. The fourth-order valence-electron chi connectivity index (χ4n) is 2.03. The van der Waals surface area contributed by atoms with Crippen LogP contribution in [-0.2, 0) is 10.7 Å². The Morgan fingerprint density at radius 3 is 2.65 bits per heavy atom. The number of nitrogens with two attached hydrogens (primary N) is 1. The highest BCUT2D eigenvalue weighted by atomic mass is 32.2. The number of aromatic nitrogens is 2. The molecule has 1 aliphatic rings. The number of amides is 1. The average molecular weight is 338 g/mol. The van der Waals surface area contributed by atoms with Crippen molar-refractivity contribution in [2.45, 2.75) is 36.6 Å². The van der Waals surface area contributed by atoms with Gasteiger partial charge >= 0.3 is 5.92 Å². The fourth-order valence-corrected chi connectivity index (χ4v) is 2.98. The number of nitrogen functional groups attached to an aromatic ring is 1. The van der Waals surface area contributed by atoms with Gasteiger partial charge in [0.25, 0.3) is 5.91 Å². The molecule has 2 heterocycles. The Hall–Kier alpha value is -2.22. The first-order valence-electron chi connectivity index (χ1n) is 6.99. The summed E-state index contributed by atoms with van der Waals surface area (Å²) in [5, 5.41) is 2.49. The van der Waals surface area contributed by atoms with Crippen LogP contribution in [0.3, 0.4) is 0 Å². The summed E-state index contributed by atoms with van der Waals surface area (Å²) in [6.07, 6.45) is 1.50. The van der Waals surface area contributed by atoms with E-state index >= 15 is 0 Å². The van der Waals surface area contributed by atoms with Gasteiger partial charge in [-0.05, 0) is 19.1 Å². The molecule has 0 fully saturated rings. The molecule has 1 amide bonds. The molecule has 1 aromatic carbocycles. The molecule has 8 heteroatoms. The van der Waals surface area contributed by atoms with E-state index in [0.717, 1.165) is 11.8 Å². The normalized spacial score (nSPS) is 14.6. The number of nitrogens with zero attached hydrogens (tertiary/aromatic N) is 2. The summed E-state index contributed by atoms with van der Waals surface area (Å²) in [6.45, 7) is 5.73. The van der Waals surface area contributed by atoms with Gasteiger partial charge in [-0.15, -0.1) is 0 Å². The van der Waals surface area contributed by atoms with Crippen molar-refractivity contribution in [1.82, 2.24) is 9.97 Å². The Morgan fingerprint density at radius 2 is 2.00 bits per heavy atom. The second kappa shape index (κ2) is 6.49. The number of hydrogen-bond donors (Lipinski definition) is 2. The third-order valence-electron chi connectivity index (χ3n) is 2.96. The Labute approximate surface area is 136 Å². The van der Waals surface area contributed by atoms with Crippen molar-refractivity contribution in [3.05, 3.63) is 35.7 Å². The molecule has 0 bridgehead atoms. The maximum atomic E-state index is 14.0. The summed E-state index contributed by atoms with van der Waals surface area (Å²) in [5.41, 5.74) is 6.14. The number of carbonyl (C=O) groups is 1. The lowest BCUT2D eigenvalue weighted by Crippen LogP contribution is -2.24. The van der Waals surface area contributed by atoms with Gasteiger partial charge in [-0.2, -0.15) is 8.78 Å². The van der Waals surface area contributed by atoms with Crippen LogP contribution in [-0.4, -0.2) is 15.9 Å². The van der Waals surface area contributed by atoms with Crippen LogP contribution >= 0.6 is 11.8 Å². The number of rotatable bonds is 2. The van der Waals surface area contributed by atoms with E-state index in [0.29, 0.717) is 10.7 Å². The Morgan fingerprint density at radius 1 is 1.30 bits per heavy atom. The predicted octanol–water partition coefficient (Wildman–Crippen LogP) is 3.59. The summed E-state index contributed by atoms with van der Waals surface area (Å²) >= 11 is 0.962. The molecule has 122 valence electrons. The van der Waals surface area contributed by atoms with Crippen LogP contribution in [0.2, 0.25) is 0 Å². The van der Waals surface area contributed by atoms with Crippen LogP contribution in [0.4, 0.5) is 20.3 Å². The van der Waals surface area contributed by atoms with Crippen molar-refractivity contribution in [2.24, 2.45) is 0 Å². The SMILES string of the molecule is CC.Cc1cnc(Sc2cccc3c2C(F)(F)C(=O)N3)c(N)n1. The van der Waals surface area contributed by atoms with Crippen molar-refractivity contribution >= 4 is 29.2 Å². The van der Waals surface area contributed by atoms with Crippen molar-refractivity contribution in [1.29, 1.82) is 0 Å². The standard InChI is InChI=1S/C13H10F2N4OS.C2H6/c1-6-5-17-11(10(16)18-6)21-8-4-2-3-7-9(8)13(14,15)12(20)19-7;1-2/h2-5H,1H3,(H2,16,18)(H,19,20);1-2H3. The summed E-state index contributed by atoms with van der Waals surface area (Å²) in [6, 6.07) is 4.52. The maximum Gasteiger partial charge on any atom is 0.353 e. The Balaban J connectivity index is 0.000000924. The van der Waals surface area contributed by atoms with Gasteiger partial charge in [0.1, 0.15) is 5.03 Å². The van der Waals surface area contributed by atoms with E-state index < -0.39 is 11.8 Å². The van der Waals surface area contributed by atoms with Gasteiger partial charge in [0.05, 0.1) is 16.9 Å². The molecular formula is C15H16F2N4OS. The van der Waals surface area contributed by atoms with Gasteiger partial charge in [-0.25, -0.2) is 9.97 Å². The van der Waals surface area contributed by atoms with E-state index in [2.05, 4.69) is 15.3 Å². The zero-order valence-corrected chi connectivity index (χ0v) is 13.7. The molecule has 0 spiro atoms. The second-order valence-electron chi connectivity index (χ2n) is 4.51. The number of benzene rings is 1. The first-order valence-corrected chi connectivity index (χ1v) is 7.81. The molecule has 23 heavy (non-hydrogen) atoms. The minimum absolute atomic E-state index is 0.105.